The van der Waals surface area contributed by atoms with Crippen molar-refractivity contribution < 1.29 is 13.7 Å². The van der Waals surface area contributed by atoms with E-state index in [1.807, 2.05) is 30.5 Å². The highest BCUT2D eigenvalue weighted by Crippen LogP contribution is 2.32. The number of hydrogen-bond acceptors (Lipinski definition) is 5. The average molecular weight is 383 g/mol. The molecule has 1 fully saturated rings. The minimum atomic E-state index is -0.322. The fourth-order valence-electron chi connectivity index (χ4n) is 3.13. The van der Waals surface area contributed by atoms with Gasteiger partial charge in [0.25, 0.3) is 0 Å². The zero-order chi connectivity index (χ0) is 19.0. The first kappa shape index (κ1) is 17.7. The number of nitrogens with zero attached hydrogens (tertiary/aromatic N) is 3. The van der Waals surface area contributed by atoms with Gasteiger partial charge in [-0.3, -0.25) is 4.79 Å². The van der Waals surface area contributed by atoms with Crippen molar-refractivity contribution in [1.82, 2.24) is 10.1 Å². The zero-order valence-electron chi connectivity index (χ0n) is 15.0. The van der Waals surface area contributed by atoms with Crippen molar-refractivity contribution in [3.63, 3.8) is 0 Å². The number of aryl methyl sites for hydroxylation is 1. The molecular formula is C20H18FN3O2S. The number of hydrogen-bond donors (Lipinski definition) is 0. The number of carbonyl (C=O) groups excluding carboxylic acids is 1. The fourth-order valence-corrected chi connectivity index (χ4v) is 3.54. The van der Waals surface area contributed by atoms with Gasteiger partial charge in [0.15, 0.2) is 0 Å². The van der Waals surface area contributed by atoms with Crippen LogP contribution in [-0.2, 0) is 4.79 Å². The Kier molecular flexibility index (Phi) is 4.70. The Bertz CT molecular complexity index is 987. The third-order valence-corrected chi connectivity index (χ3v) is 5.47. The monoisotopic (exact) mass is 383 g/mol. The Labute approximate surface area is 160 Å². The molecule has 0 aliphatic carbocycles. The SMILES string of the molecule is CSc1ccc(-c2noc(C3CC(=O)N(c4ccc(C)c(F)c4)C3)n2)cc1. The van der Waals surface area contributed by atoms with E-state index >= 15 is 0 Å². The molecule has 5 nitrogen and oxygen atoms in total. The first-order valence-electron chi connectivity index (χ1n) is 8.59. The lowest BCUT2D eigenvalue weighted by Gasteiger charge is -2.16. The van der Waals surface area contributed by atoms with Gasteiger partial charge in [-0.1, -0.05) is 11.2 Å². The molecule has 27 heavy (non-hydrogen) atoms. The van der Waals surface area contributed by atoms with Crippen molar-refractivity contribution in [2.24, 2.45) is 0 Å². The minimum absolute atomic E-state index is 0.0765. The van der Waals surface area contributed by atoms with E-state index in [-0.39, 0.29) is 24.1 Å². The van der Waals surface area contributed by atoms with Gasteiger partial charge < -0.3 is 9.42 Å². The molecule has 4 rings (SSSR count). The number of carbonyl (C=O) groups is 1. The summed E-state index contributed by atoms with van der Waals surface area (Å²) in [7, 11) is 0. The number of benzene rings is 2. The van der Waals surface area contributed by atoms with Gasteiger partial charge in [-0.15, -0.1) is 11.8 Å². The van der Waals surface area contributed by atoms with E-state index < -0.39 is 0 Å². The summed E-state index contributed by atoms with van der Waals surface area (Å²) >= 11 is 1.66. The smallest absolute Gasteiger partial charge is 0.232 e. The Hall–Kier alpha value is -2.67. The van der Waals surface area contributed by atoms with E-state index in [4.69, 9.17) is 4.52 Å². The largest absolute Gasteiger partial charge is 0.339 e. The van der Waals surface area contributed by atoms with Gasteiger partial charge in [0.05, 0.1) is 5.92 Å². The lowest BCUT2D eigenvalue weighted by Crippen LogP contribution is -2.24. The maximum absolute atomic E-state index is 13.8. The van der Waals surface area contributed by atoms with Gasteiger partial charge in [0, 0.05) is 29.1 Å². The van der Waals surface area contributed by atoms with Crippen molar-refractivity contribution in [1.29, 1.82) is 0 Å². The van der Waals surface area contributed by atoms with E-state index in [9.17, 15) is 9.18 Å². The van der Waals surface area contributed by atoms with Crippen LogP contribution in [0, 0.1) is 12.7 Å². The summed E-state index contributed by atoms with van der Waals surface area (Å²) in [5.41, 5.74) is 1.97. The van der Waals surface area contributed by atoms with Crippen LogP contribution in [0.2, 0.25) is 0 Å². The molecule has 0 N–H and O–H groups in total. The number of halogens is 1. The predicted molar refractivity (Wildman–Crippen MR) is 102 cm³/mol. The molecule has 1 aliphatic rings. The molecule has 0 saturated carbocycles. The maximum atomic E-state index is 13.8. The van der Waals surface area contributed by atoms with Crippen molar-refractivity contribution in [3.05, 3.63) is 59.7 Å². The molecule has 3 aromatic rings. The van der Waals surface area contributed by atoms with Crippen LogP contribution in [0.1, 0.15) is 23.8 Å². The molecule has 1 aliphatic heterocycles. The van der Waals surface area contributed by atoms with Crippen LogP contribution in [0.25, 0.3) is 11.4 Å². The second kappa shape index (κ2) is 7.15. The van der Waals surface area contributed by atoms with Crippen LogP contribution < -0.4 is 4.90 Å². The molecule has 2 aromatic carbocycles. The van der Waals surface area contributed by atoms with E-state index in [0.29, 0.717) is 29.5 Å². The molecule has 1 atom stereocenters. The van der Waals surface area contributed by atoms with Crippen molar-refractivity contribution in [2.45, 2.75) is 24.2 Å². The lowest BCUT2D eigenvalue weighted by atomic mass is 10.1. The highest BCUT2D eigenvalue weighted by molar-refractivity contribution is 7.98. The maximum Gasteiger partial charge on any atom is 0.232 e. The third kappa shape index (κ3) is 3.47. The molecule has 1 aromatic heterocycles. The lowest BCUT2D eigenvalue weighted by molar-refractivity contribution is -0.117. The van der Waals surface area contributed by atoms with Gasteiger partial charge in [-0.05, 0) is 55.1 Å². The minimum Gasteiger partial charge on any atom is -0.339 e. The molecular weight excluding hydrogens is 365 g/mol. The molecule has 1 amide bonds. The molecule has 0 bridgehead atoms. The van der Waals surface area contributed by atoms with Crippen molar-refractivity contribution in [2.75, 3.05) is 17.7 Å². The molecule has 138 valence electrons. The third-order valence-electron chi connectivity index (χ3n) is 4.73. The number of rotatable bonds is 4. The van der Waals surface area contributed by atoms with Crippen molar-refractivity contribution >= 4 is 23.4 Å². The molecule has 7 heteroatoms. The Morgan fingerprint density at radius 2 is 2.00 bits per heavy atom. The molecule has 0 radical (unpaired) electrons. The average Bonchev–Trinajstić information content (AvgIpc) is 3.31. The van der Waals surface area contributed by atoms with Crippen LogP contribution in [0.3, 0.4) is 0 Å². The Morgan fingerprint density at radius 1 is 1.22 bits per heavy atom. The second-order valence-electron chi connectivity index (χ2n) is 6.52. The molecule has 0 spiro atoms. The summed E-state index contributed by atoms with van der Waals surface area (Å²) < 4.78 is 19.3. The van der Waals surface area contributed by atoms with Gasteiger partial charge in [-0.25, -0.2) is 4.39 Å². The predicted octanol–water partition coefficient (Wildman–Crippen LogP) is 4.43. The van der Waals surface area contributed by atoms with E-state index in [1.165, 1.54) is 6.07 Å². The number of amides is 1. The number of anilines is 1. The Balaban J connectivity index is 1.53. The van der Waals surface area contributed by atoms with Gasteiger partial charge in [0.2, 0.25) is 17.6 Å². The van der Waals surface area contributed by atoms with Gasteiger partial charge in [0.1, 0.15) is 5.82 Å². The quantitative estimate of drug-likeness (QED) is 0.624. The van der Waals surface area contributed by atoms with E-state index in [2.05, 4.69) is 10.1 Å². The summed E-state index contributed by atoms with van der Waals surface area (Å²) in [4.78, 5) is 19.6. The summed E-state index contributed by atoms with van der Waals surface area (Å²) in [6.45, 7) is 2.09. The van der Waals surface area contributed by atoms with Gasteiger partial charge in [-0.2, -0.15) is 4.98 Å². The summed E-state index contributed by atoms with van der Waals surface area (Å²) in [5.74, 6) is 0.339. The van der Waals surface area contributed by atoms with Crippen LogP contribution in [-0.4, -0.2) is 28.8 Å². The molecule has 2 heterocycles. The van der Waals surface area contributed by atoms with Crippen LogP contribution in [0.15, 0.2) is 51.9 Å². The summed E-state index contributed by atoms with van der Waals surface area (Å²) in [6.07, 6.45) is 2.28. The van der Waals surface area contributed by atoms with Crippen molar-refractivity contribution in [3.8, 4) is 11.4 Å². The fraction of sp³-hybridized carbons (Fsp3) is 0.250. The van der Waals surface area contributed by atoms with E-state index in [1.54, 1.807) is 35.7 Å². The highest BCUT2D eigenvalue weighted by atomic mass is 32.2. The first-order valence-corrected chi connectivity index (χ1v) is 9.82. The zero-order valence-corrected chi connectivity index (χ0v) is 15.8. The Morgan fingerprint density at radius 3 is 2.70 bits per heavy atom. The first-order chi connectivity index (χ1) is 13.0. The van der Waals surface area contributed by atoms with Gasteiger partial charge >= 0.3 is 0 Å². The highest BCUT2D eigenvalue weighted by Gasteiger charge is 2.35. The topological polar surface area (TPSA) is 59.2 Å². The molecule has 1 unspecified atom stereocenters. The second-order valence-corrected chi connectivity index (χ2v) is 7.40. The normalized spacial score (nSPS) is 16.9. The van der Waals surface area contributed by atoms with E-state index in [0.717, 1.165) is 10.5 Å². The summed E-state index contributed by atoms with van der Waals surface area (Å²) in [5, 5.41) is 4.05. The number of aromatic nitrogens is 2. The molecule has 1 saturated heterocycles. The van der Waals surface area contributed by atoms with Crippen LogP contribution in [0.4, 0.5) is 10.1 Å². The van der Waals surface area contributed by atoms with Crippen LogP contribution in [0.5, 0.6) is 0 Å². The standard InChI is InChI=1S/C20H18FN3O2S/c1-12-3-6-15(10-17(12)21)24-11-14(9-18(24)25)20-22-19(23-26-20)13-4-7-16(27-2)8-5-13/h3-8,10,14H,9,11H2,1-2H3. The summed E-state index contributed by atoms with van der Waals surface area (Å²) in [6, 6.07) is 12.7. The number of thioether (sulfide) groups is 1. The van der Waals surface area contributed by atoms with Crippen LogP contribution >= 0.6 is 11.8 Å².